The topological polar surface area (TPSA) is 111 Å². The summed E-state index contributed by atoms with van der Waals surface area (Å²) >= 11 is 0. The number of amidine groups is 1. The van der Waals surface area contributed by atoms with Crippen molar-refractivity contribution in [3.63, 3.8) is 0 Å². The van der Waals surface area contributed by atoms with Gasteiger partial charge in [-0.3, -0.25) is 9.79 Å². The van der Waals surface area contributed by atoms with E-state index in [4.69, 9.17) is 10.5 Å². The van der Waals surface area contributed by atoms with Crippen LogP contribution in [0.4, 0.5) is 18.9 Å². The zero-order valence-corrected chi connectivity index (χ0v) is 16.4. The van der Waals surface area contributed by atoms with Crippen molar-refractivity contribution in [2.75, 3.05) is 24.3 Å². The summed E-state index contributed by atoms with van der Waals surface area (Å²) in [7, 11) is -3.83. The van der Waals surface area contributed by atoms with Crippen LogP contribution in [-0.4, -0.2) is 49.8 Å². The first-order chi connectivity index (χ1) is 13.4. The Kier molecular flexibility index (Phi) is 4.29. The lowest BCUT2D eigenvalue weighted by molar-refractivity contribution is -0.119. The van der Waals surface area contributed by atoms with E-state index in [2.05, 4.69) is 10.3 Å². The van der Waals surface area contributed by atoms with Crippen LogP contribution in [0, 0.1) is 11.7 Å². The van der Waals surface area contributed by atoms with Crippen LogP contribution in [0.2, 0.25) is 0 Å². The SMILES string of the molecule is C[C@@]1(c2cc(NC(=O)C3CC3(F)F)ccc2F)CS(=O)(=O)C2(CCOC2)C(N)=N1. The largest absolute Gasteiger partial charge is 0.386 e. The van der Waals surface area contributed by atoms with Crippen LogP contribution in [0.25, 0.3) is 0 Å². The molecule has 1 aromatic rings. The van der Waals surface area contributed by atoms with E-state index in [-0.39, 0.29) is 36.7 Å². The van der Waals surface area contributed by atoms with Crippen molar-refractivity contribution in [2.24, 2.45) is 16.6 Å². The zero-order valence-electron chi connectivity index (χ0n) is 15.5. The Labute approximate surface area is 165 Å². The third kappa shape index (κ3) is 3.10. The van der Waals surface area contributed by atoms with Crippen LogP contribution in [-0.2, 0) is 24.9 Å². The average Bonchev–Trinajstić information content (AvgIpc) is 3.03. The summed E-state index contributed by atoms with van der Waals surface area (Å²) in [5.41, 5.74) is 4.47. The molecule has 1 spiro atoms. The third-order valence-corrected chi connectivity index (χ3v) is 8.51. The van der Waals surface area contributed by atoms with E-state index in [1.165, 1.54) is 19.1 Å². The molecule has 7 nitrogen and oxygen atoms in total. The Morgan fingerprint density at radius 2 is 2.07 bits per heavy atom. The molecule has 1 aliphatic carbocycles. The van der Waals surface area contributed by atoms with Gasteiger partial charge in [-0.2, -0.15) is 0 Å². The molecule has 0 radical (unpaired) electrons. The van der Waals surface area contributed by atoms with Gasteiger partial charge in [-0.15, -0.1) is 0 Å². The molecule has 11 heteroatoms. The maximum Gasteiger partial charge on any atom is 0.260 e. The van der Waals surface area contributed by atoms with Gasteiger partial charge >= 0.3 is 0 Å². The predicted molar refractivity (Wildman–Crippen MR) is 99.0 cm³/mol. The Hall–Kier alpha value is -2.14. The second kappa shape index (κ2) is 6.18. The number of aliphatic imine (C=N–C) groups is 1. The summed E-state index contributed by atoms with van der Waals surface area (Å²) in [4.78, 5) is 16.3. The van der Waals surface area contributed by atoms with Crippen LogP contribution in [0.3, 0.4) is 0 Å². The van der Waals surface area contributed by atoms with Gasteiger partial charge in [-0.25, -0.2) is 21.6 Å². The van der Waals surface area contributed by atoms with Crippen molar-refractivity contribution in [1.29, 1.82) is 0 Å². The zero-order chi connectivity index (χ0) is 21.2. The van der Waals surface area contributed by atoms with Gasteiger partial charge in [-0.1, -0.05) is 0 Å². The van der Waals surface area contributed by atoms with E-state index < -0.39 is 55.9 Å². The highest BCUT2D eigenvalue weighted by Crippen LogP contribution is 2.49. The lowest BCUT2D eigenvalue weighted by Crippen LogP contribution is -2.58. The predicted octanol–water partition coefficient (Wildman–Crippen LogP) is 1.58. The van der Waals surface area contributed by atoms with Crippen LogP contribution < -0.4 is 11.1 Å². The average molecular weight is 431 g/mol. The number of hydrogen-bond acceptors (Lipinski definition) is 6. The van der Waals surface area contributed by atoms with Gasteiger partial charge in [0.2, 0.25) is 5.91 Å². The molecule has 158 valence electrons. The number of sulfone groups is 1. The molecular formula is C18H20F3N3O4S. The number of carbonyl (C=O) groups is 1. The van der Waals surface area contributed by atoms with E-state index in [9.17, 15) is 26.4 Å². The standard InChI is InChI=1S/C18H20F3N3O4S/c1-16(9-29(26,27)17(15(22)24-16)4-5-28-8-17)11-6-10(2-3-13(11)19)23-14(25)12-7-18(12,20)21/h2-3,6,12H,4-5,7-9H2,1H3,(H2,22,24)(H,23,25)/t12?,16-,17?/m0/s1. The van der Waals surface area contributed by atoms with Crippen molar-refractivity contribution in [2.45, 2.75) is 36.0 Å². The molecule has 1 saturated carbocycles. The van der Waals surface area contributed by atoms with Gasteiger partial charge in [0.1, 0.15) is 23.1 Å². The summed E-state index contributed by atoms with van der Waals surface area (Å²) in [6.45, 7) is 1.56. The molecule has 2 fully saturated rings. The van der Waals surface area contributed by atoms with Crippen molar-refractivity contribution in [1.82, 2.24) is 0 Å². The number of carbonyl (C=O) groups excluding carboxylic acids is 1. The molecule has 1 aromatic carbocycles. The minimum Gasteiger partial charge on any atom is -0.386 e. The van der Waals surface area contributed by atoms with E-state index >= 15 is 0 Å². The number of nitrogens with two attached hydrogens (primary N) is 1. The van der Waals surface area contributed by atoms with Crippen molar-refractivity contribution >= 4 is 27.3 Å². The minimum absolute atomic E-state index is 0.0750. The molecule has 4 rings (SSSR count). The number of rotatable bonds is 3. The molecule has 2 unspecified atom stereocenters. The minimum atomic E-state index is -3.83. The van der Waals surface area contributed by atoms with Crippen molar-refractivity contribution in [3.8, 4) is 0 Å². The molecule has 1 amide bonds. The number of hydrogen-bond donors (Lipinski definition) is 2. The highest BCUT2D eigenvalue weighted by atomic mass is 32.2. The van der Waals surface area contributed by atoms with Gasteiger partial charge in [-0.05, 0) is 31.5 Å². The first kappa shape index (κ1) is 20.1. The van der Waals surface area contributed by atoms with E-state index in [1.807, 2.05) is 0 Å². The molecule has 1 saturated heterocycles. The smallest absolute Gasteiger partial charge is 0.260 e. The lowest BCUT2D eigenvalue weighted by Gasteiger charge is -2.39. The van der Waals surface area contributed by atoms with Gasteiger partial charge in [0, 0.05) is 24.3 Å². The van der Waals surface area contributed by atoms with E-state index in [0.29, 0.717) is 0 Å². The molecule has 0 bridgehead atoms. The fraction of sp³-hybridized carbons (Fsp3) is 0.556. The molecule has 3 atom stereocenters. The number of nitrogens with one attached hydrogen (secondary N) is 1. The number of anilines is 1. The molecule has 3 N–H and O–H groups in total. The van der Waals surface area contributed by atoms with Crippen LogP contribution >= 0.6 is 0 Å². The van der Waals surface area contributed by atoms with E-state index in [0.717, 1.165) is 6.07 Å². The first-order valence-corrected chi connectivity index (χ1v) is 10.7. The number of nitrogens with zero attached hydrogens (tertiary/aromatic N) is 1. The fourth-order valence-electron chi connectivity index (χ4n) is 3.94. The normalized spacial score (nSPS) is 34.6. The highest BCUT2D eigenvalue weighted by Gasteiger charge is 2.61. The molecular weight excluding hydrogens is 411 g/mol. The maximum absolute atomic E-state index is 14.6. The summed E-state index contributed by atoms with van der Waals surface area (Å²) in [5.74, 6) is -6.72. The lowest BCUT2D eigenvalue weighted by atomic mass is 9.92. The number of alkyl halides is 2. The van der Waals surface area contributed by atoms with Gasteiger partial charge < -0.3 is 15.8 Å². The van der Waals surface area contributed by atoms with Crippen LogP contribution in [0.5, 0.6) is 0 Å². The van der Waals surface area contributed by atoms with Crippen LogP contribution in [0.1, 0.15) is 25.3 Å². The molecule has 3 aliphatic rings. The van der Waals surface area contributed by atoms with Crippen LogP contribution in [0.15, 0.2) is 23.2 Å². The second-order valence-corrected chi connectivity index (χ2v) is 10.3. The molecule has 29 heavy (non-hydrogen) atoms. The van der Waals surface area contributed by atoms with Gasteiger partial charge in [0.15, 0.2) is 14.6 Å². The number of benzene rings is 1. The van der Waals surface area contributed by atoms with Crippen molar-refractivity contribution < 1.29 is 31.1 Å². The Bertz CT molecular complexity index is 1020. The Balaban J connectivity index is 1.69. The van der Waals surface area contributed by atoms with Crippen molar-refractivity contribution in [3.05, 3.63) is 29.6 Å². The number of ether oxygens (including phenoxy) is 1. The molecule has 0 aromatic heterocycles. The summed E-state index contributed by atoms with van der Waals surface area (Å²) < 4.78 is 70.7. The van der Waals surface area contributed by atoms with E-state index in [1.54, 1.807) is 0 Å². The summed E-state index contributed by atoms with van der Waals surface area (Å²) in [6.07, 6.45) is -0.358. The van der Waals surface area contributed by atoms with Gasteiger partial charge in [0.25, 0.3) is 5.92 Å². The monoisotopic (exact) mass is 431 g/mol. The Morgan fingerprint density at radius 1 is 1.38 bits per heavy atom. The number of amides is 1. The molecule has 2 aliphatic heterocycles. The second-order valence-electron chi connectivity index (χ2n) is 8.03. The highest BCUT2D eigenvalue weighted by molar-refractivity contribution is 7.93. The Morgan fingerprint density at radius 3 is 2.62 bits per heavy atom. The fourth-order valence-corrected chi connectivity index (χ4v) is 6.20. The summed E-state index contributed by atoms with van der Waals surface area (Å²) in [5, 5.41) is 2.33. The molecule has 2 heterocycles. The quantitative estimate of drug-likeness (QED) is 0.755. The maximum atomic E-state index is 14.6. The van der Waals surface area contributed by atoms with Gasteiger partial charge in [0.05, 0.1) is 12.4 Å². The first-order valence-electron chi connectivity index (χ1n) is 9.05. The summed E-state index contributed by atoms with van der Waals surface area (Å²) in [6, 6.07) is 3.46. The number of halogens is 3. The third-order valence-electron chi connectivity index (χ3n) is 5.84.